The fourth-order valence-corrected chi connectivity index (χ4v) is 5.74. The van der Waals surface area contributed by atoms with Crippen LogP contribution >= 0.6 is 11.3 Å². The van der Waals surface area contributed by atoms with Crippen molar-refractivity contribution in [1.29, 1.82) is 0 Å². The molecular weight excluding hydrogens is 306 g/mol. The van der Waals surface area contributed by atoms with Crippen molar-refractivity contribution in [2.24, 2.45) is 5.92 Å². The highest BCUT2D eigenvalue weighted by molar-refractivity contribution is 7.91. The molecule has 2 rings (SSSR count). The van der Waals surface area contributed by atoms with E-state index in [9.17, 15) is 8.42 Å². The van der Waals surface area contributed by atoms with Gasteiger partial charge in [-0.2, -0.15) is 0 Å². The Bertz CT molecular complexity index is 540. The molecule has 0 bridgehead atoms. The molecule has 0 spiro atoms. The molecule has 1 unspecified atom stereocenters. The van der Waals surface area contributed by atoms with Crippen LogP contribution in [0.3, 0.4) is 0 Å². The molecule has 1 aromatic heterocycles. The minimum absolute atomic E-state index is 0.297. The van der Waals surface area contributed by atoms with Gasteiger partial charge in [-0.05, 0) is 38.3 Å². The Kier molecular flexibility index (Phi) is 6.13. The highest BCUT2D eigenvalue weighted by atomic mass is 32.2. The first-order valence-corrected chi connectivity index (χ1v) is 10.3. The van der Waals surface area contributed by atoms with Gasteiger partial charge in [0.05, 0.1) is 5.75 Å². The maximum atomic E-state index is 12.1. The molecule has 120 valence electrons. The number of aryl methyl sites for hydroxylation is 1. The third-order valence-corrected chi connectivity index (χ3v) is 7.06. The van der Waals surface area contributed by atoms with E-state index >= 15 is 0 Å². The zero-order chi connectivity index (χ0) is 15.3. The van der Waals surface area contributed by atoms with Crippen LogP contribution in [0.25, 0.3) is 0 Å². The van der Waals surface area contributed by atoms with Crippen LogP contribution in [0.1, 0.15) is 54.8 Å². The van der Waals surface area contributed by atoms with Crippen LogP contribution in [0.5, 0.6) is 0 Å². The van der Waals surface area contributed by atoms with Crippen molar-refractivity contribution in [2.45, 2.75) is 51.2 Å². The Hall–Kier alpha value is -0.530. The van der Waals surface area contributed by atoms with Crippen LogP contribution < -0.4 is 5.32 Å². The van der Waals surface area contributed by atoms with Gasteiger partial charge in [-0.3, -0.25) is 0 Å². The quantitative estimate of drug-likeness (QED) is 0.777. The second kappa shape index (κ2) is 7.65. The van der Waals surface area contributed by atoms with Gasteiger partial charge in [0.2, 0.25) is 0 Å². The summed E-state index contributed by atoms with van der Waals surface area (Å²) in [5, 5.41) is 12.9. The Morgan fingerprint density at radius 3 is 2.86 bits per heavy atom. The van der Waals surface area contributed by atoms with Crippen molar-refractivity contribution in [3.63, 3.8) is 0 Å². The molecule has 1 aromatic rings. The molecule has 1 aliphatic rings. The van der Waals surface area contributed by atoms with Gasteiger partial charge in [0.1, 0.15) is 15.3 Å². The maximum Gasteiger partial charge on any atom is 0.159 e. The van der Waals surface area contributed by atoms with E-state index in [2.05, 4.69) is 29.4 Å². The lowest BCUT2D eigenvalue weighted by Crippen LogP contribution is -2.21. The van der Waals surface area contributed by atoms with Crippen molar-refractivity contribution in [3.8, 4) is 0 Å². The molecule has 7 heteroatoms. The van der Waals surface area contributed by atoms with Crippen LogP contribution in [0, 0.1) is 5.92 Å². The number of rotatable bonds is 7. The molecule has 1 atom stereocenters. The first-order valence-electron chi connectivity index (χ1n) is 7.73. The molecule has 0 radical (unpaired) electrons. The average Bonchev–Trinajstić information content (AvgIpc) is 2.86. The van der Waals surface area contributed by atoms with Gasteiger partial charge < -0.3 is 5.32 Å². The topological polar surface area (TPSA) is 72.0 Å². The Morgan fingerprint density at radius 2 is 2.14 bits per heavy atom. The van der Waals surface area contributed by atoms with Crippen molar-refractivity contribution in [1.82, 2.24) is 15.5 Å². The average molecular weight is 332 g/mol. The number of hydrogen-bond donors (Lipinski definition) is 1. The van der Waals surface area contributed by atoms with Crippen LogP contribution in [-0.2, 0) is 16.3 Å². The van der Waals surface area contributed by atoms with E-state index in [0.717, 1.165) is 43.8 Å². The van der Waals surface area contributed by atoms with E-state index in [0.29, 0.717) is 23.1 Å². The minimum Gasteiger partial charge on any atom is -0.316 e. The molecule has 2 heterocycles. The lowest BCUT2D eigenvalue weighted by Gasteiger charge is -2.19. The number of nitrogens with one attached hydrogen (secondary N) is 1. The number of sulfone groups is 1. The van der Waals surface area contributed by atoms with Crippen molar-refractivity contribution >= 4 is 21.2 Å². The molecule has 1 N–H and O–H groups in total. The third kappa shape index (κ3) is 5.00. The summed E-state index contributed by atoms with van der Waals surface area (Å²) < 4.78 is 24.2. The molecule has 0 amide bonds. The van der Waals surface area contributed by atoms with E-state index in [1.54, 1.807) is 0 Å². The first-order chi connectivity index (χ1) is 9.99. The molecule has 5 nitrogen and oxygen atoms in total. The smallest absolute Gasteiger partial charge is 0.159 e. The molecule has 21 heavy (non-hydrogen) atoms. The predicted molar refractivity (Wildman–Crippen MR) is 86.3 cm³/mol. The van der Waals surface area contributed by atoms with Crippen molar-refractivity contribution in [3.05, 3.63) is 10.0 Å². The highest BCUT2D eigenvalue weighted by Gasteiger charge is 2.32. The zero-order valence-corrected chi connectivity index (χ0v) is 14.5. The first kappa shape index (κ1) is 16.8. The summed E-state index contributed by atoms with van der Waals surface area (Å²) >= 11 is 1.48. The fourth-order valence-electron chi connectivity index (χ4n) is 2.48. The van der Waals surface area contributed by atoms with Crippen LogP contribution in [-0.4, -0.2) is 37.5 Å². The van der Waals surface area contributed by atoms with Gasteiger partial charge in [0, 0.05) is 6.42 Å². The minimum atomic E-state index is -3.01. The van der Waals surface area contributed by atoms with Gasteiger partial charge in [0.25, 0.3) is 0 Å². The molecule has 0 saturated carbocycles. The molecule has 1 aliphatic heterocycles. The highest BCUT2D eigenvalue weighted by Crippen LogP contribution is 2.34. The summed E-state index contributed by atoms with van der Waals surface area (Å²) in [6.45, 7) is 6.37. The van der Waals surface area contributed by atoms with Gasteiger partial charge in [-0.1, -0.05) is 20.3 Å². The number of hydrogen-bond acceptors (Lipinski definition) is 6. The van der Waals surface area contributed by atoms with Gasteiger partial charge in [-0.25, -0.2) is 8.42 Å². The molecule has 1 saturated heterocycles. The second-order valence-electron chi connectivity index (χ2n) is 6.09. The van der Waals surface area contributed by atoms with Crippen LogP contribution in [0.15, 0.2) is 0 Å². The van der Waals surface area contributed by atoms with E-state index in [4.69, 9.17) is 0 Å². The summed E-state index contributed by atoms with van der Waals surface area (Å²) in [7, 11) is -3.01. The van der Waals surface area contributed by atoms with Gasteiger partial charge in [-0.15, -0.1) is 21.5 Å². The summed E-state index contributed by atoms with van der Waals surface area (Å²) in [6, 6.07) is 0. The lowest BCUT2D eigenvalue weighted by atomic mass is 10.2. The van der Waals surface area contributed by atoms with E-state index in [-0.39, 0.29) is 0 Å². The van der Waals surface area contributed by atoms with E-state index in [1.807, 2.05) is 0 Å². The largest absolute Gasteiger partial charge is 0.316 e. The van der Waals surface area contributed by atoms with E-state index < -0.39 is 15.1 Å². The third-order valence-electron chi connectivity index (χ3n) is 3.63. The Labute approximate surface area is 131 Å². The maximum absolute atomic E-state index is 12.1. The second-order valence-corrected chi connectivity index (χ2v) is 9.48. The standard InChI is InChI=1S/C14H25N3O2S2/c1-11(2)10-15-8-5-7-13-16-17-14(20-13)12-6-3-4-9-21(12,18)19/h11-12,15H,3-10H2,1-2H3. The number of aromatic nitrogens is 2. The predicted octanol–water partition coefficient (Wildman–Crippen LogP) is 2.36. The van der Waals surface area contributed by atoms with Gasteiger partial charge >= 0.3 is 0 Å². The van der Waals surface area contributed by atoms with Crippen molar-refractivity contribution in [2.75, 3.05) is 18.8 Å². The Balaban J connectivity index is 1.84. The molecule has 1 fully saturated rings. The summed E-state index contributed by atoms with van der Waals surface area (Å²) in [6.07, 6.45) is 4.34. The fraction of sp³-hybridized carbons (Fsp3) is 0.857. The van der Waals surface area contributed by atoms with Crippen LogP contribution in [0.2, 0.25) is 0 Å². The lowest BCUT2D eigenvalue weighted by molar-refractivity contribution is 0.541. The summed E-state index contributed by atoms with van der Waals surface area (Å²) in [5.74, 6) is 0.959. The van der Waals surface area contributed by atoms with E-state index in [1.165, 1.54) is 11.3 Å². The zero-order valence-electron chi connectivity index (χ0n) is 12.8. The summed E-state index contributed by atoms with van der Waals surface area (Å²) in [5.41, 5.74) is 0. The summed E-state index contributed by atoms with van der Waals surface area (Å²) in [4.78, 5) is 0. The number of nitrogens with zero attached hydrogens (tertiary/aromatic N) is 2. The monoisotopic (exact) mass is 331 g/mol. The molecule has 0 aromatic carbocycles. The van der Waals surface area contributed by atoms with Gasteiger partial charge in [0.15, 0.2) is 9.84 Å². The normalized spacial score (nSPS) is 21.8. The SMILES string of the molecule is CC(C)CNCCCc1nnc(C2CCCCS2(=O)=O)s1. The van der Waals surface area contributed by atoms with Crippen molar-refractivity contribution < 1.29 is 8.42 Å². The van der Waals surface area contributed by atoms with Crippen LogP contribution in [0.4, 0.5) is 0 Å². The Morgan fingerprint density at radius 1 is 1.33 bits per heavy atom. The molecular formula is C14H25N3O2S2. The molecule has 0 aliphatic carbocycles.